The number of hydrogen-bond acceptors (Lipinski definition) is 3. The van der Waals surface area contributed by atoms with Gasteiger partial charge in [0.2, 0.25) is 0 Å². The number of anilines is 1. The van der Waals surface area contributed by atoms with Gasteiger partial charge in [-0.1, -0.05) is 0 Å². The van der Waals surface area contributed by atoms with E-state index in [0.29, 0.717) is 12.2 Å². The first kappa shape index (κ1) is 15.2. The molecule has 2 aromatic rings. The van der Waals surface area contributed by atoms with Gasteiger partial charge >= 0.3 is 0 Å². The Balaban J connectivity index is 2.75. The van der Waals surface area contributed by atoms with Gasteiger partial charge in [0.05, 0.1) is 18.0 Å². The number of methoxy groups -OCH3 is 1. The van der Waals surface area contributed by atoms with Crippen molar-refractivity contribution in [2.24, 2.45) is 0 Å². The summed E-state index contributed by atoms with van der Waals surface area (Å²) < 4.78 is 47.1. The molecule has 5 nitrogen and oxygen atoms in total. The van der Waals surface area contributed by atoms with E-state index < -0.39 is 23.0 Å². The van der Waals surface area contributed by atoms with Gasteiger partial charge in [-0.2, -0.15) is 0 Å². The van der Waals surface area contributed by atoms with Gasteiger partial charge in [0, 0.05) is 25.8 Å². The normalized spacial score (nSPS) is 11.1. The lowest BCUT2D eigenvalue weighted by Gasteiger charge is -2.13. The number of benzene rings is 1. The molecule has 0 fully saturated rings. The van der Waals surface area contributed by atoms with Crippen molar-refractivity contribution in [1.82, 2.24) is 9.36 Å². The van der Waals surface area contributed by atoms with Gasteiger partial charge in [0.1, 0.15) is 5.69 Å². The Labute approximate surface area is 118 Å². The fraction of sp³-hybridized carbons (Fsp3) is 0.308. The summed E-state index contributed by atoms with van der Waals surface area (Å²) in [5, 5.41) is 0. The van der Waals surface area contributed by atoms with Crippen molar-refractivity contribution < 1.29 is 17.9 Å². The number of ether oxygens (including phenoxy) is 1. The summed E-state index contributed by atoms with van der Waals surface area (Å²) in [5.41, 5.74) is 5.23. The minimum atomic E-state index is -1.59. The largest absolute Gasteiger partial charge is 0.393 e. The highest BCUT2D eigenvalue weighted by atomic mass is 19.2. The maximum absolute atomic E-state index is 13.4. The lowest BCUT2D eigenvalue weighted by molar-refractivity contribution is 0.176. The van der Waals surface area contributed by atoms with E-state index in [1.165, 1.54) is 11.8 Å². The molecule has 2 rings (SSSR count). The molecule has 8 heteroatoms. The van der Waals surface area contributed by atoms with Crippen LogP contribution in [0.2, 0.25) is 0 Å². The number of aromatic nitrogens is 2. The summed E-state index contributed by atoms with van der Waals surface area (Å²) in [6.07, 6.45) is 0. The van der Waals surface area contributed by atoms with Gasteiger partial charge in [0.25, 0.3) is 5.56 Å². The third-order valence-corrected chi connectivity index (χ3v) is 3.08. The highest BCUT2D eigenvalue weighted by Crippen LogP contribution is 2.19. The zero-order valence-electron chi connectivity index (χ0n) is 11.5. The molecular weight excluding hydrogens is 287 g/mol. The van der Waals surface area contributed by atoms with Crippen LogP contribution in [-0.2, 0) is 17.9 Å². The summed E-state index contributed by atoms with van der Waals surface area (Å²) in [7, 11) is 1.43. The van der Waals surface area contributed by atoms with E-state index in [4.69, 9.17) is 10.5 Å². The number of halogens is 3. The van der Waals surface area contributed by atoms with E-state index in [2.05, 4.69) is 0 Å². The molecule has 0 unspecified atom stereocenters. The zero-order valence-corrected chi connectivity index (χ0v) is 11.5. The molecule has 0 radical (unpaired) electrons. The Morgan fingerprint density at radius 1 is 1.24 bits per heavy atom. The lowest BCUT2D eigenvalue weighted by atomic mass is 10.3. The maximum Gasteiger partial charge on any atom is 0.294 e. The number of hydrogen-bond donors (Lipinski definition) is 1. The third kappa shape index (κ3) is 2.42. The maximum atomic E-state index is 13.4. The molecule has 1 aromatic heterocycles. The molecule has 0 bridgehead atoms. The quantitative estimate of drug-likeness (QED) is 0.876. The van der Waals surface area contributed by atoms with Gasteiger partial charge < -0.3 is 10.5 Å². The molecule has 2 N–H and O–H groups in total. The summed E-state index contributed by atoms with van der Waals surface area (Å²) in [4.78, 5) is 12.2. The molecule has 0 saturated carbocycles. The van der Waals surface area contributed by atoms with Gasteiger partial charge in [-0.25, -0.2) is 17.9 Å². The molecular formula is C13H14F3N3O2. The van der Waals surface area contributed by atoms with E-state index in [0.717, 1.165) is 16.8 Å². The molecule has 0 aliphatic carbocycles. The molecule has 0 amide bonds. The Kier molecular flexibility index (Phi) is 4.08. The molecule has 21 heavy (non-hydrogen) atoms. The van der Waals surface area contributed by atoms with Crippen molar-refractivity contribution in [3.05, 3.63) is 45.6 Å². The number of nitrogens with zero attached hydrogens (tertiary/aromatic N) is 2. The zero-order chi connectivity index (χ0) is 15.7. The Bertz CT molecular complexity index is 714. The van der Waals surface area contributed by atoms with Gasteiger partial charge in [0.15, 0.2) is 17.5 Å². The van der Waals surface area contributed by atoms with Crippen LogP contribution < -0.4 is 11.3 Å². The van der Waals surface area contributed by atoms with E-state index in [1.54, 1.807) is 6.92 Å². The molecule has 1 heterocycles. The fourth-order valence-corrected chi connectivity index (χ4v) is 2.15. The Hall–Kier alpha value is -2.22. The second kappa shape index (κ2) is 5.65. The standard InChI is InChI=1S/C13H14F3N3O2/c1-3-18-10(6-21-2)12(17)13(20)19(18)7-4-8(14)11(16)9(15)5-7/h4-5H,3,6,17H2,1-2H3. The smallest absolute Gasteiger partial charge is 0.294 e. The lowest BCUT2D eigenvalue weighted by Crippen LogP contribution is -2.22. The van der Waals surface area contributed by atoms with Crippen LogP contribution in [0.5, 0.6) is 0 Å². The third-order valence-electron chi connectivity index (χ3n) is 3.08. The second-order valence-corrected chi connectivity index (χ2v) is 4.35. The monoisotopic (exact) mass is 301 g/mol. The SMILES string of the molecule is CCn1c(COC)c(N)c(=O)n1-c1cc(F)c(F)c(F)c1. The van der Waals surface area contributed by atoms with Crippen LogP contribution >= 0.6 is 0 Å². The van der Waals surface area contributed by atoms with Crippen LogP contribution in [0.3, 0.4) is 0 Å². The molecule has 0 aliphatic rings. The molecule has 0 saturated heterocycles. The highest BCUT2D eigenvalue weighted by molar-refractivity contribution is 5.45. The topological polar surface area (TPSA) is 62.2 Å². The van der Waals surface area contributed by atoms with Crippen molar-refractivity contribution in [2.45, 2.75) is 20.1 Å². The summed E-state index contributed by atoms with van der Waals surface area (Å²) in [5.74, 6) is -4.35. The highest BCUT2D eigenvalue weighted by Gasteiger charge is 2.20. The Morgan fingerprint density at radius 2 is 1.81 bits per heavy atom. The van der Waals surface area contributed by atoms with Crippen molar-refractivity contribution in [2.75, 3.05) is 12.8 Å². The fourth-order valence-electron chi connectivity index (χ4n) is 2.15. The Morgan fingerprint density at radius 3 is 2.29 bits per heavy atom. The molecule has 0 aliphatic heterocycles. The molecule has 0 atom stereocenters. The van der Waals surface area contributed by atoms with Crippen molar-refractivity contribution in [3.63, 3.8) is 0 Å². The van der Waals surface area contributed by atoms with Crippen LogP contribution in [0.1, 0.15) is 12.6 Å². The molecule has 114 valence electrons. The van der Waals surface area contributed by atoms with Crippen molar-refractivity contribution in [1.29, 1.82) is 0 Å². The molecule has 0 spiro atoms. The van der Waals surface area contributed by atoms with Gasteiger partial charge in [-0.15, -0.1) is 0 Å². The minimum Gasteiger partial charge on any atom is -0.393 e. The van der Waals surface area contributed by atoms with E-state index in [1.807, 2.05) is 0 Å². The van der Waals surface area contributed by atoms with Crippen molar-refractivity contribution >= 4 is 5.69 Å². The number of nitrogens with two attached hydrogens (primary N) is 1. The van der Waals surface area contributed by atoms with Crippen LogP contribution in [-0.4, -0.2) is 16.5 Å². The van der Waals surface area contributed by atoms with Gasteiger partial charge in [-0.3, -0.25) is 9.48 Å². The average molecular weight is 301 g/mol. The first-order chi connectivity index (χ1) is 9.92. The summed E-state index contributed by atoms with van der Waals surface area (Å²) in [6, 6.07) is 1.48. The van der Waals surface area contributed by atoms with Gasteiger partial charge in [-0.05, 0) is 6.92 Å². The van der Waals surface area contributed by atoms with Crippen molar-refractivity contribution in [3.8, 4) is 5.69 Å². The predicted molar refractivity (Wildman–Crippen MR) is 70.7 cm³/mol. The number of nitrogen functional groups attached to an aromatic ring is 1. The second-order valence-electron chi connectivity index (χ2n) is 4.35. The van der Waals surface area contributed by atoms with Crippen LogP contribution in [0.4, 0.5) is 18.9 Å². The first-order valence-corrected chi connectivity index (χ1v) is 6.16. The summed E-state index contributed by atoms with van der Waals surface area (Å²) >= 11 is 0. The van der Waals surface area contributed by atoms with Crippen LogP contribution in [0.25, 0.3) is 5.69 Å². The van der Waals surface area contributed by atoms with Crippen LogP contribution in [0.15, 0.2) is 16.9 Å². The van der Waals surface area contributed by atoms with E-state index in [9.17, 15) is 18.0 Å². The van der Waals surface area contributed by atoms with E-state index in [-0.39, 0.29) is 18.0 Å². The molecule has 1 aromatic carbocycles. The predicted octanol–water partition coefficient (Wildman–Crippen LogP) is 1.80. The first-order valence-electron chi connectivity index (χ1n) is 6.16. The number of rotatable bonds is 4. The average Bonchev–Trinajstić information content (AvgIpc) is 2.69. The minimum absolute atomic E-state index is 0.0636. The van der Waals surface area contributed by atoms with Crippen LogP contribution in [0, 0.1) is 17.5 Å². The van der Waals surface area contributed by atoms with E-state index >= 15 is 0 Å². The summed E-state index contributed by atoms with van der Waals surface area (Å²) in [6.45, 7) is 2.10.